The molecular formula is C28H27FN4O3. The van der Waals surface area contributed by atoms with Gasteiger partial charge < -0.3 is 14.4 Å². The van der Waals surface area contributed by atoms with E-state index in [-0.39, 0.29) is 17.4 Å². The van der Waals surface area contributed by atoms with Crippen molar-refractivity contribution in [2.45, 2.75) is 20.4 Å². The topological polar surface area (TPSA) is 71.6 Å². The van der Waals surface area contributed by atoms with Crippen molar-refractivity contribution in [3.05, 3.63) is 105 Å². The molecule has 0 saturated carbocycles. The molecule has 0 radical (unpaired) electrons. The van der Waals surface area contributed by atoms with Gasteiger partial charge in [-0.05, 0) is 67.4 Å². The van der Waals surface area contributed by atoms with Crippen LogP contribution in [0, 0.1) is 29.8 Å². The number of carbonyl (C=O) groups is 1. The molecule has 1 saturated heterocycles. The number of non-ortho nitro benzene ring substituents is 1. The number of hydrogen-bond donors (Lipinski definition) is 0. The van der Waals surface area contributed by atoms with E-state index in [0.717, 1.165) is 33.4 Å². The quantitative estimate of drug-likeness (QED) is 0.283. The van der Waals surface area contributed by atoms with E-state index in [1.807, 2.05) is 23.1 Å². The maximum Gasteiger partial charge on any atom is 0.269 e. The smallest absolute Gasteiger partial charge is 0.269 e. The predicted molar refractivity (Wildman–Crippen MR) is 138 cm³/mol. The number of rotatable bonds is 5. The lowest BCUT2D eigenvalue weighted by atomic mass is 10.1. The van der Waals surface area contributed by atoms with Crippen molar-refractivity contribution < 1.29 is 14.1 Å². The number of halogens is 1. The highest BCUT2D eigenvalue weighted by atomic mass is 19.1. The number of nitro groups is 1. The number of aromatic nitrogens is 1. The summed E-state index contributed by atoms with van der Waals surface area (Å²) in [4.78, 5) is 27.8. The van der Waals surface area contributed by atoms with Gasteiger partial charge in [0.1, 0.15) is 5.82 Å². The zero-order valence-electron chi connectivity index (χ0n) is 20.3. The number of amides is 1. The second-order valence-corrected chi connectivity index (χ2v) is 9.21. The van der Waals surface area contributed by atoms with Gasteiger partial charge in [-0.25, -0.2) is 4.39 Å². The fraction of sp³-hybridized carbons (Fsp3) is 0.250. The lowest BCUT2D eigenvalue weighted by Crippen LogP contribution is -2.48. The first-order valence-electron chi connectivity index (χ1n) is 11.9. The summed E-state index contributed by atoms with van der Waals surface area (Å²) in [5, 5.41) is 11.9. The van der Waals surface area contributed by atoms with E-state index < -0.39 is 4.92 Å². The number of nitrogens with zero attached hydrogens (tertiary/aromatic N) is 4. The maximum atomic E-state index is 13.3. The van der Waals surface area contributed by atoms with Crippen LogP contribution in [0.1, 0.15) is 27.2 Å². The van der Waals surface area contributed by atoms with Crippen molar-refractivity contribution in [2.24, 2.45) is 0 Å². The van der Waals surface area contributed by atoms with Gasteiger partial charge in [0.05, 0.1) is 4.92 Å². The van der Waals surface area contributed by atoms with Gasteiger partial charge in [0.2, 0.25) is 0 Å². The Morgan fingerprint density at radius 2 is 1.61 bits per heavy atom. The molecule has 184 valence electrons. The van der Waals surface area contributed by atoms with Crippen LogP contribution in [0.5, 0.6) is 0 Å². The summed E-state index contributed by atoms with van der Waals surface area (Å²) in [6.45, 7) is 7.26. The van der Waals surface area contributed by atoms with Gasteiger partial charge in [0.15, 0.2) is 0 Å². The standard InChI is InChI=1S/C28H27FN4O3/c1-19-20(2)32(18-21-3-6-23(29)7-4-21)27-12-5-22(17-26(19)27)28(34)31-15-13-30(14-16-31)24-8-10-25(11-9-24)33(35)36/h3-12,17H,13-16,18H2,1-2H3. The Labute approximate surface area is 208 Å². The summed E-state index contributed by atoms with van der Waals surface area (Å²) in [6, 6.07) is 18.9. The summed E-state index contributed by atoms with van der Waals surface area (Å²) in [7, 11) is 0. The lowest BCUT2D eigenvalue weighted by Gasteiger charge is -2.36. The van der Waals surface area contributed by atoms with Crippen LogP contribution in [0.15, 0.2) is 66.7 Å². The first kappa shape index (κ1) is 23.5. The van der Waals surface area contributed by atoms with E-state index in [1.54, 1.807) is 24.3 Å². The van der Waals surface area contributed by atoms with Crippen LogP contribution in [0.4, 0.5) is 15.8 Å². The third-order valence-corrected chi connectivity index (χ3v) is 7.13. The molecule has 0 bridgehead atoms. The normalized spacial score (nSPS) is 13.9. The molecule has 2 heterocycles. The van der Waals surface area contributed by atoms with Gasteiger partial charge in [-0.3, -0.25) is 14.9 Å². The van der Waals surface area contributed by atoms with Crippen LogP contribution in [0.3, 0.4) is 0 Å². The predicted octanol–water partition coefficient (Wildman–Crippen LogP) is 5.32. The minimum Gasteiger partial charge on any atom is -0.368 e. The van der Waals surface area contributed by atoms with Gasteiger partial charge in [-0.2, -0.15) is 0 Å². The highest BCUT2D eigenvalue weighted by Gasteiger charge is 2.24. The summed E-state index contributed by atoms with van der Waals surface area (Å²) in [5.74, 6) is -0.246. The summed E-state index contributed by atoms with van der Waals surface area (Å²) in [5.41, 5.74) is 5.97. The number of anilines is 1. The van der Waals surface area contributed by atoms with Crippen molar-refractivity contribution in [3.8, 4) is 0 Å². The van der Waals surface area contributed by atoms with Crippen LogP contribution in [-0.2, 0) is 6.54 Å². The van der Waals surface area contributed by atoms with Gasteiger partial charge in [-0.1, -0.05) is 12.1 Å². The first-order valence-corrected chi connectivity index (χ1v) is 11.9. The Hall–Kier alpha value is -4.20. The molecule has 1 aliphatic rings. The monoisotopic (exact) mass is 486 g/mol. The molecule has 5 rings (SSSR count). The number of hydrogen-bond acceptors (Lipinski definition) is 4. The number of fused-ring (bicyclic) bond motifs is 1. The van der Waals surface area contributed by atoms with Crippen molar-refractivity contribution >= 4 is 28.2 Å². The zero-order chi connectivity index (χ0) is 25.4. The number of nitro benzene ring substituents is 1. The van der Waals surface area contributed by atoms with E-state index in [4.69, 9.17) is 0 Å². The summed E-state index contributed by atoms with van der Waals surface area (Å²) >= 11 is 0. The van der Waals surface area contributed by atoms with Crippen LogP contribution >= 0.6 is 0 Å². The van der Waals surface area contributed by atoms with Crippen LogP contribution in [0.25, 0.3) is 10.9 Å². The Morgan fingerprint density at radius 3 is 2.25 bits per heavy atom. The molecule has 1 aromatic heterocycles. The molecule has 36 heavy (non-hydrogen) atoms. The van der Waals surface area contributed by atoms with E-state index in [2.05, 4.69) is 23.3 Å². The number of carbonyl (C=O) groups excluding carboxylic acids is 1. The molecule has 0 aliphatic carbocycles. The van der Waals surface area contributed by atoms with E-state index in [1.165, 1.54) is 24.3 Å². The molecule has 3 aromatic carbocycles. The third-order valence-electron chi connectivity index (χ3n) is 7.13. The highest BCUT2D eigenvalue weighted by molar-refractivity contribution is 5.99. The molecular weight excluding hydrogens is 459 g/mol. The largest absolute Gasteiger partial charge is 0.368 e. The average Bonchev–Trinajstić information content (AvgIpc) is 3.14. The van der Waals surface area contributed by atoms with Crippen LogP contribution in [-0.4, -0.2) is 46.5 Å². The van der Waals surface area contributed by atoms with Gasteiger partial charge in [-0.15, -0.1) is 0 Å². The maximum absolute atomic E-state index is 13.3. The molecule has 1 amide bonds. The molecule has 8 heteroatoms. The van der Waals surface area contributed by atoms with Crippen molar-refractivity contribution in [1.29, 1.82) is 0 Å². The molecule has 0 atom stereocenters. The third kappa shape index (κ3) is 4.42. The molecule has 1 aliphatic heterocycles. The minimum atomic E-state index is -0.405. The fourth-order valence-electron chi connectivity index (χ4n) is 4.89. The second-order valence-electron chi connectivity index (χ2n) is 9.21. The number of benzene rings is 3. The fourth-order valence-corrected chi connectivity index (χ4v) is 4.89. The van der Waals surface area contributed by atoms with Gasteiger partial charge in [0.25, 0.3) is 11.6 Å². The Morgan fingerprint density at radius 1 is 0.944 bits per heavy atom. The van der Waals surface area contributed by atoms with Crippen molar-refractivity contribution in [2.75, 3.05) is 31.1 Å². The first-order chi connectivity index (χ1) is 17.3. The summed E-state index contributed by atoms with van der Waals surface area (Å²) in [6.07, 6.45) is 0. The SMILES string of the molecule is Cc1c(C)n(Cc2ccc(F)cc2)c2ccc(C(=O)N3CCN(c4ccc([N+](=O)[O-])cc4)CC3)cc12. The van der Waals surface area contributed by atoms with Crippen LogP contribution < -0.4 is 4.90 Å². The Balaban J connectivity index is 1.31. The average molecular weight is 487 g/mol. The Kier molecular flexibility index (Phi) is 6.18. The second kappa shape index (κ2) is 9.45. The van der Waals surface area contributed by atoms with Crippen LogP contribution in [0.2, 0.25) is 0 Å². The zero-order valence-corrected chi connectivity index (χ0v) is 20.3. The molecule has 0 spiro atoms. The Bertz CT molecular complexity index is 1440. The molecule has 7 nitrogen and oxygen atoms in total. The number of piperazine rings is 1. The van der Waals surface area contributed by atoms with Crippen molar-refractivity contribution in [1.82, 2.24) is 9.47 Å². The number of aryl methyl sites for hydroxylation is 1. The summed E-state index contributed by atoms with van der Waals surface area (Å²) < 4.78 is 15.5. The molecule has 1 fully saturated rings. The minimum absolute atomic E-state index is 0.00332. The van der Waals surface area contributed by atoms with Gasteiger partial charge in [0, 0.05) is 72.7 Å². The van der Waals surface area contributed by atoms with E-state index in [0.29, 0.717) is 38.3 Å². The van der Waals surface area contributed by atoms with Gasteiger partial charge >= 0.3 is 0 Å². The van der Waals surface area contributed by atoms with Crippen molar-refractivity contribution in [3.63, 3.8) is 0 Å². The van der Waals surface area contributed by atoms with E-state index in [9.17, 15) is 19.3 Å². The highest BCUT2D eigenvalue weighted by Crippen LogP contribution is 2.28. The molecule has 4 aromatic rings. The van der Waals surface area contributed by atoms with E-state index >= 15 is 0 Å². The lowest BCUT2D eigenvalue weighted by molar-refractivity contribution is -0.384. The molecule has 0 unspecified atom stereocenters. The molecule has 0 N–H and O–H groups in total.